The number of nitrogens with zero attached hydrogens (tertiary/aromatic N) is 1. The second-order valence-corrected chi connectivity index (χ2v) is 4.42. The number of nitrogens with one attached hydrogen (secondary N) is 1. The zero-order valence-electron chi connectivity index (χ0n) is 10.9. The van der Waals surface area contributed by atoms with Crippen molar-refractivity contribution in [1.82, 2.24) is 0 Å². The number of rotatable bonds is 3. The van der Waals surface area contributed by atoms with Crippen LogP contribution in [0.15, 0.2) is 48.7 Å². The van der Waals surface area contributed by atoms with Gasteiger partial charge in [-0.25, -0.2) is 4.39 Å². The van der Waals surface area contributed by atoms with Crippen LogP contribution < -0.4 is 9.88 Å². The number of aryl methyl sites for hydroxylation is 1. The van der Waals surface area contributed by atoms with E-state index in [0.29, 0.717) is 5.69 Å². The minimum absolute atomic E-state index is 0.133. The Kier molecular flexibility index (Phi) is 3.90. The van der Waals surface area contributed by atoms with Gasteiger partial charge in [0.05, 0.1) is 0 Å². The lowest BCUT2D eigenvalue weighted by molar-refractivity contribution is -0.711. The second-order valence-electron chi connectivity index (χ2n) is 4.42. The quantitative estimate of drug-likeness (QED) is 0.844. The van der Waals surface area contributed by atoms with E-state index in [1.165, 1.54) is 12.1 Å². The lowest BCUT2D eigenvalue weighted by Crippen LogP contribution is -2.46. The highest BCUT2D eigenvalue weighted by molar-refractivity contribution is 5.92. The maximum absolute atomic E-state index is 12.8. The summed E-state index contributed by atoms with van der Waals surface area (Å²) in [6.45, 7) is 3.77. The fraction of sp³-hybridized carbons (Fsp3) is 0.200. The van der Waals surface area contributed by atoms with Gasteiger partial charge in [-0.3, -0.25) is 4.79 Å². The Labute approximate surface area is 111 Å². The highest BCUT2D eigenvalue weighted by Gasteiger charge is 2.23. The summed E-state index contributed by atoms with van der Waals surface area (Å²) in [7, 11) is 0. The van der Waals surface area contributed by atoms with Crippen molar-refractivity contribution in [3.8, 4) is 0 Å². The third kappa shape index (κ3) is 3.16. The van der Waals surface area contributed by atoms with Crippen molar-refractivity contribution in [2.75, 3.05) is 5.32 Å². The minimum atomic E-state index is -0.328. The molecule has 0 fully saturated rings. The largest absolute Gasteiger partial charge is 0.320 e. The van der Waals surface area contributed by atoms with Crippen molar-refractivity contribution in [3.63, 3.8) is 0 Å². The summed E-state index contributed by atoms with van der Waals surface area (Å²) < 4.78 is 14.7. The summed E-state index contributed by atoms with van der Waals surface area (Å²) in [5, 5.41) is 2.77. The molecule has 0 aliphatic heterocycles. The van der Waals surface area contributed by atoms with Gasteiger partial charge >= 0.3 is 0 Å². The Morgan fingerprint density at radius 2 is 1.89 bits per heavy atom. The molecule has 1 N–H and O–H groups in total. The number of hydrogen-bond acceptors (Lipinski definition) is 1. The average molecular weight is 259 g/mol. The van der Waals surface area contributed by atoms with Crippen molar-refractivity contribution in [2.24, 2.45) is 0 Å². The van der Waals surface area contributed by atoms with E-state index in [2.05, 4.69) is 5.32 Å². The second kappa shape index (κ2) is 5.61. The molecular weight excluding hydrogens is 243 g/mol. The van der Waals surface area contributed by atoms with Gasteiger partial charge in [-0.05, 0) is 24.3 Å². The smallest absolute Gasteiger partial charge is 0.293 e. The first-order chi connectivity index (χ1) is 9.08. The number of pyridine rings is 1. The number of anilines is 1. The lowest BCUT2D eigenvalue weighted by atomic mass is 10.2. The normalized spacial score (nSPS) is 11.9. The van der Waals surface area contributed by atoms with E-state index < -0.39 is 0 Å². The molecule has 1 heterocycles. The van der Waals surface area contributed by atoms with E-state index in [1.54, 1.807) is 12.1 Å². The molecule has 2 aromatic rings. The molecule has 4 heteroatoms. The van der Waals surface area contributed by atoms with Gasteiger partial charge in [-0.1, -0.05) is 6.07 Å². The molecule has 19 heavy (non-hydrogen) atoms. The molecule has 3 nitrogen and oxygen atoms in total. The average Bonchev–Trinajstić information content (AvgIpc) is 2.41. The molecule has 2 rings (SSSR count). The number of aromatic nitrogens is 1. The van der Waals surface area contributed by atoms with Gasteiger partial charge in [0.2, 0.25) is 6.04 Å². The summed E-state index contributed by atoms with van der Waals surface area (Å²) in [6, 6.07) is 11.2. The van der Waals surface area contributed by atoms with Crippen LogP contribution in [0.4, 0.5) is 10.1 Å². The van der Waals surface area contributed by atoms with Gasteiger partial charge in [0.15, 0.2) is 11.9 Å². The van der Waals surface area contributed by atoms with E-state index in [-0.39, 0.29) is 17.8 Å². The number of halogens is 1. The molecule has 0 spiro atoms. The van der Waals surface area contributed by atoms with Crippen molar-refractivity contribution < 1.29 is 13.8 Å². The monoisotopic (exact) mass is 259 g/mol. The van der Waals surface area contributed by atoms with Crippen molar-refractivity contribution >= 4 is 11.6 Å². The molecule has 1 aromatic carbocycles. The molecular formula is C15H16FN2O+. The number of amides is 1. The van der Waals surface area contributed by atoms with Crippen LogP contribution >= 0.6 is 0 Å². The van der Waals surface area contributed by atoms with Gasteiger partial charge in [0.1, 0.15) is 5.82 Å². The Morgan fingerprint density at radius 1 is 1.21 bits per heavy atom. The maximum atomic E-state index is 12.8. The first kappa shape index (κ1) is 13.2. The van der Waals surface area contributed by atoms with E-state index in [4.69, 9.17) is 0 Å². The highest BCUT2D eigenvalue weighted by Crippen LogP contribution is 2.10. The van der Waals surface area contributed by atoms with Crippen molar-refractivity contribution in [3.05, 3.63) is 60.2 Å². The van der Waals surface area contributed by atoms with Crippen molar-refractivity contribution in [2.45, 2.75) is 19.9 Å². The molecule has 98 valence electrons. The van der Waals surface area contributed by atoms with Crippen LogP contribution in [0, 0.1) is 12.7 Å². The summed E-state index contributed by atoms with van der Waals surface area (Å²) >= 11 is 0. The van der Waals surface area contributed by atoms with E-state index >= 15 is 0 Å². The Balaban J connectivity index is 2.12. The van der Waals surface area contributed by atoms with E-state index in [0.717, 1.165) is 5.69 Å². The van der Waals surface area contributed by atoms with Crippen LogP contribution in [0.2, 0.25) is 0 Å². The van der Waals surface area contributed by atoms with Crippen LogP contribution in [0.1, 0.15) is 18.7 Å². The molecule has 0 aliphatic rings. The SMILES string of the molecule is Cc1cccc[n+]1[C@@H](C)C(=O)Nc1ccc(F)cc1. The molecule has 0 bridgehead atoms. The molecule has 0 unspecified atom stereocenters. The first-order valence-corrected chi connectivity index (χ1v) is 6.11. The summed E-state index contributed by atoms with van der Waals surface area (Å²) in [5.74, 6) is -0.453. The number of carbonyl (C=O) groups excluding carboxylic acids is 1. The van der Waals surface area contributed by atoms with Gasteiger partial charge in [0, 0.05) is 31.7 Å². The lowest BCUT2D eigenvalue weighted by Gasteiger charge is -2.10. The molecule has 0 saturated heterocycles. The standard InChI is InChI=1S/C15H15FN2O/c1-11-5-3-4-10-18(11)12(2)15(19)17-14-8-6-13(16)7-9-14/h3-10,12H,1-2H3/p+1/t12-/m0/s1. The van der Waals surface area contributed by atoms with E-state index in [9.17, 15) is 9.18 Å². The third-order valence-electron chi connectivity index (χ3n) is 3.01. The van der Waals surface area contributed by atoms with Gasteiger partial charge in [-0.15, -0.1) is 0 Å². The van der Waals surface area contributed by atoms with Crippen LogP contribution in [0.5, 0.6) is 0 Å². The highest BCUT2D eigenvalue weighted by atomic mass is 19.1. The van der Waals surface area contributed by atoms with Crippen LogP contribution in [-0.2, 0) is 4.79 Å². The van der Waals surface area contributed by atoms with E-state index in [1.807, 2.05) is 42.8 Å². The Bertz CT molecular complexity index is 581. The topological polar surface area (TPSA) is 33.0 Å². The zero-order valence-corrected chi connectivity index (χ0v) is 10.9. The predicted octanol–water partition coefficient (Wildman–Crippen LogP) is 2.62. The molecule has 1 aromatic heterocycles. The molecule has 0 radical (unpaired) electrons. The maximum Gasteiger partial charge on any atom is 0.293 e. The first-order valence-electron chi connectivity index (χ1n) is 6.11. The fourth-order valence-electron chi connectivity index (χ4n) is 1.88. The predicted molar refractivity (Wildman–Crippen MR) is 71.1 cm³/mol. The Hall–Kier alpha value is -2.23. The summed E-state index contributed by atoms with van der Waals surface area (Å²) in [4.78, 5) is 12.1. The molecule has 0 aliphatic carbocycles. The zero-order chi connectivity index (χ0) is 13.8. The minimum Gasteiger partial charge on any atom is -0.320 e. The third-order valence-corrected chi connectivity index (χ3v) is 3.01. The number of hydrogen-bond donors (Lipinski definition) is 1. The molecule has 1 atom stereocenters. The van der Waals surface area contributed by atoms with Gasteiger partial charge in [0.25, 0.3) is 5.91 Å². The van der Waals surface area contributed by atoms with Crippen LogP contribution in [0.3, 0.4) is 0 Å². The fourth-order valence-corrected chi connectivity index (χ4v) is 1.88. The molecule has 1 amide bonds. The van der Waals surface area contributed by atoms with Crippen LogP contribution in [-0.4, -0.2) is 5.91 Å². The number of benzene rings is 1. The number of carbonyl (C=O) groups is 1. The Morgan fingerprint density at radius 3 is 2.53 bits per heavy atom. The summed E-state index contributed by atoms with van der Waals surface area (Å²) in [6.07, 6.45) is 1.87. The summed E-state index contributed by atoms with van der Waals surface area (Å²) in [5.41, 5.74) is 1.59. The van der Waals surface area contributed by atoms with Gasteiger partial charge in [-0.2, -0.15) is 4.57 Å². The van der Waals surface area contributed by atoms with Gasteiger partial charge < -0.3 is 5.32 Å². The molecule has 0 saturated carbocycles. The van der Waals surface area contributed by atoms with Crippen molar-refractivity contribution in [1.29, 1.82) is 0 Å². The van der Waals surface area contributed by atoms with Crippen LogP contribution in [0.25, 0.3) is 0 Å².